The Morgan fingerprint density at radius 2 is 1.76 bits per heavy atom. The summed E-state index contributed by atoms with van der Waals surface area (Å²) in [6, 6.07) is 5.22. The third-order valence-electron chi connectivity index (χ3n) is 8.37. The SMILES string of the molecule is CC1CCCCC1NC(=O)C1CCC(CNS(=O)(=O)c2ccc3c(c2)C(C)(C)C(=O)N3C)CC1. The van der Waals surface area contributed by atoms with Gasteiger partial charge in [-0.25, -0.2) is 13.1 Å². The number of nitrogens with zero attached hydrogens (tertiary/aromatic N) is 1. The number of nitrogens with one attached hydrogen (secondary N) is 2. The van der Waals surface area contributed by atoms with Gasteiger partial charge in [0.05, 0.1) is 10.3 Å². The highest BCUT2D eigenvalue weighted by molar-refractivity contribution is 7.89. The lowest BCUT2D eigenvalue weighted by molar-refractivity contribution is -0.127. The zero-order chi connectivity index (χ0) is 24.7. The Balaban J connectivity index is 1.30. The van der Waals surface area contributed by atoms with Crippen LogP contribution in [0.25, 0.3) is 0 Å². The molecule has 0 radical (unpaired) electrons. The lowest BCUT2D eigenvalue weighted by Gasteiger charge is -2.33. The second-order valence-electron chi connectivity index (χ2n) is 11.1. The Bertz CT molecular complexity index is 1040. The van der Waals surface area contributed by atoms with Gasteiger partial charge in [-0.05, 0) is 88.0 Å². The number of fused-ring (bicyclic) bond motifs is 1. The first kappa shape index (κ1) is 25.2. The normalized spacial score (nSPS) is 29.1. The monoisotopic (exact) mass is 489 g/mol. The predicted molar refractivity (Wildman–Crippen MR) is 133 cm³/mol. The fourth-order valence-electron chi connectivity index (χ4n) is 5.89. The molecule has 2 atom stereocenters. The van der Waals surface area contributed by atoms with E-state index in [2.05, 4.69) is 17.0 Å². The molecule has 1 aromatic rings. The van der Waals surface area contributed by atoms with Crippen LogP contribution in [0, 0.1) is 17.8 Å². The summed E-state index contributed by atoms with van der Waals surface area (Å²) < 4.78 is 28.8. The highest BCUT2D eigenvalue weighted by Crippen LogP contribution is 2.41. The summed E-state index contributed by atoms with van der Waals surface area (Å²) >= 11 is 0. The zero-order valence-corrected chi connectivity index (χ0v) is 21.7. The maximum atomic E-state index is 13.0. The van der Waals surface area contributed by atoms with E-state index in [9.17, 15) is 18.0 Å². The quantitative estimate of drug-likeness (QED) is 0.637. The number of amides is 2. The summed E-state index contributed by atoms with van der Waals surface area (Å²) in [5, 5.41) is 3.29. The van der Waals surface area contributed by atoms with Crippen molar-refractivity contribution < 1.29 is 18.0 Å². The van der Waals surface area contributed by atoms with Crippen LogP contribution in [0.2, 0.25) is 0 Å². The highest BCUT2D eigenvalue weighted by Gasteiger charge is 2.42. The smallest absolute Gasteiger partial charge is 0.240 e. The van der Waals surface area contributed by atoms with Crippen molar-refractivity contribution in [2.75, 3.05) is 18.5 Å². The molecule has 2 fully saturated rings. The lowest BCUT2D eigenvalue weighted by Crippen LogP contribution is -2.44. The number of rotatable bonds is 6. The summed E-state index contributed by atoms with van der Waals surface area (Å²) in [7, 11) is -1.96. The van der Waals surface area contributed by atoms with E-state index in [1.54, 1.807) is 30.1 Å². The number of hydrogen-bond donors (Lipinski definition) is 2. The van der Waals surface area contributed by atoms with Crippen LogP contribution in [0.5, 0.6) is 0 Å². The predicted octanol–water partition coefficient (Wildman–Crippen LogP) is 3.72. The molecule has 1 heterocycles. The Kier molecular flexibility index (Phi) is 7.11. The first-order valence-corrected chi connectivity index (χ1v) is 14.2. The maximum Gasteiger partial charge on any atom is 0.240 e. The largest absolute Gasteiger partial charge is 0.353 e. The molecule has 0 spiro atoms. The van der Waals surface area contributed by atoms with E-state index in [1.165, 1.54) is 19.3 Å². The molecule has 2 saturated carbocycles. The molecule has 2 amide bonds. The Morgan fingerprint density at radius 1 is 1.09 bits per heavy atom. The van der Waals surface area contributed by atoms with Crippen molar-refractivity contribution in [2.45, 2.75) is 88.5 Å². The number of likely N-dealkylation sites (N-methyl/N-ethyl adjacent to an activating group) is 1. The topological polar surface area (TPSA) is 95.6 Å². The Morgan fingerprint density at radius 3 is 2.44 bits per heavy atom. The summed E-state index contributed by atoms with van der Waals surface area (Å²) in [6.07, 6.45) is 8.01. The van der Waals surface area contributed by atoms with Crippen molar-refractivity contribution in [3.05, 3.63) is 23.8 Å². The van der Waals surface area contributed by atoms with Crippen molar-refractivity contribution in [1.82, 2.24) is 10.0 Å². The van der Waals surface area contributed by atoms with Crippen molar-refractivity contribution in [2.24, 2.45) is 17.8 Å². The first-order chi connectivity index (χ1) is 16.0. The number of anilines is 1. The van der Waals surface area contributed by atoms with Crippen LogP contribution in [0.15, 0.2) is 23.1 Å². The van der Waals surface area contributed by atoms with Gasteiger partial charge in [-0.1, -0.05) is 19.8 Å². The molecule has 7 nitrogen and oxygen atoms in total. The molecule has 0 bridgehead atoms. The van der Waals surface area contributed by atoms with Gasteiger partial charge < -0.3 is 10.2 Å². The van der Waals surface area contributed by atoms with Gasteiger partial charge >= 0.3 is 0 Å². The lowest BCUT2D eigenvalue weighted by atomic mass is 9.80. The zero-order valence-electron chi connectivity index (χ0n) is 20.9. The van der Waals surface area contributed by atoms with Crippen molar-refractivity contribution in [1.29, 1.82) is 0 Å². The fraction of sp³-hybridized carbons (Fsp3) is 0.692. The number of carbonyl (C=O) groups excluding carboxylic acids is 2. The van der Waals surface area contributed by atoms with Gasteiger partial charge in [0.25, 0.3) is 0 Å². The average molecular weight is 490 g/mol. The van der Waals surface area contributed by atoms with E-state index < -0.39 is 15.4 Å². The molecule has 2 unspecified atom stereocenters. The minimum absolute atomic E-state index is 0.0375. The van der Waals surface area contributed by atoms with E-state index in [-0.39, 0.29) is 28.5 Å². The number of hydrogen-bond acceptors (Lipinski definition) is 4. The maximum absolute atomic E-state index is 13.0. The molecule has 0 aromatic heterocycles. The van der Waals surface area contributed by atoms with E-state index in [4.69, 9.17) is 0 Å². The molecule has 3 aliphatic rings. The van der Waals surface area contributed by atoms with Gasteiger partial charge in [0, 0.05) is 31.2 Å². The minimum atomic E-state index is -3.68. The van der Waals surface area contributed by atoms with E-state index >= 15 is 0 Å². The van der Waals surface area contributed by atoms with Crippen LogP contribution in [-0.2, 0) is 25.0 Å². The molecular weight excluding hydrogens is 450 g/mol. The summed E-state index contributed by atoms with van der Waals surface area (Å²) in [6.45, 7) is 6.25. The fourth-order valence-corrected chi connectivity index (χ4v) is 7.03. The van der Waals surface area contributed by atoms with Crippen LogP contribution < -0.4 is 14.9 Å². The first-order valence-electron chi connectivity index (χ1n) is 12.7. The van der Waals surface area contributed by atoms with Crippen LogP contribution in [-0.4, -0.2) is 39.9 Å². The molecule has 188 valence electrons. The second-order valence-corrected chi connectivity index (χ2v) is 12.9. The minimum Gasteiger partial charge on any atom is -0.353 e. The van der Waals surface area contributed by atoms with Gasteiger partial charge in [-0.2, -0.15) is 0 Å². The average Bonchev–Trinajstić information content (AvgIpc) is 2.99. The Labute approximate surface area is 204 Å². The molecule has 1 aliphatic heterocycles. The molecule has 0 saturated heterocycles. The third kappa shape index (κ3) is 4.89. The molecule has 34 heavy (non-hydrogen) atoms. The number of sulfonamides is 1. The summed E-state index contributed by atoms with van der Waals surface area (Å²) in [4.78, 5) is 27.1. The summed E-state index contributed by atoms with van der Waals surface area (Å²) in [5.41, 5.74) is 0.749. The number of benzene rings is 1. The van der Waals surface area contributed by atoms with Gasteiger partial charge in [0.2, 0.25) is 21.8 Å². The van der Waals surface area contributed by atoms with Crippen LogP contribution in [0.1, 0.15) is 77.7 Å². The molecule has 2 N–H and O–H groups in total. The Hall–Kier alpha value is -1.93. The van der Waals surface area contributed by atoms with Gasteiger partial charge in [-0.15, -0.1) is 0 Å². The van der Waals surface area contributed by atoms with E-state index in [1.807, 2.05) is 13.8 Å². The van der Waals surface area contributed by atoms with Gasteiger partial charge in [0.15, 0.2) is 0 Å². The van der Waals surface area contributed by atoms with Crippen molar-refractivity contribution >= 4 is 27.5 Å². The standard InChI is InChI=1S/C26H39N3O4S/c1-17-7-5-6-8-22(17)28-24(30)19-11-9-18(10-12-19)16-27-34(32,33)20-13-14-23-21(15-20)26(2,3)25(31)29(23)4/h13-15,17-19,22,27H,5-12,16H2,1-4H3,(H,28,30). The molecule has 2 aliphatic carbocycles. The van der Waals surface area contributed by atoms with Crippen molar-refractivity contribution in [3.63, 3.8) is 0 Å². The second kappa shape index (κ2) is 9.61. The van der Waals surface area contributed by atoms with Crippen LogP contribution >= 0.6 is 0 Å². The van der Waals surface area contributed by atoms with Crippen molar-refractivity contribution in [3.8, 4) is 0 Å². The molecule has 1 aromatic carbocycles. The molecule has 8 heteroatoms. The highest BCUT2D eigenvalue weighted by atomic mass is 32.2. The van der Waals surface area contributed by atoms with Gasteiger partial charge in [0.1, 0.15) is 0 Å². The molecule has 4 rings (SSSR count). The van der Waals surface area contributed by atoms with Crippen LogP contribution in [0.4, 0.5) is 5.69 Å². The number of carbonyl (C=O) groups is 2. The van der Waals surface area contributed by atoms with Gasteiger partial charge in [-0.3, -0.25) is 9.59 Å². The summed E-state index contributed by atoms with van der Waals surface area (Å²) in [5.74, 6) is 0.954. The molecular formula is C26H39N3O4S. The third-order valence-corrected chi connectivity index (χ3v) is 9.79. The van der Waals surface area contributed by atoms with E-state index in [0.29, 0.717) is 18.5 Å². The van der Waals surface area contributed by atoms with E-state index in [0.717, 1.165) is 43.4 Å². The van der Waals surface area contributed by atoms with Crippen LogP contribution in [0.3, 0.4) is 0 Å².